The van der Waals surface area contributed by atoms with Gasteiger partial charge in [-0.2, -0.15) is 0 Å². The van der Waals surface area contributed by atoms with Crippen molar-refractivity contribution in [3.8, 4) is 0 Å². The Morgan fingerprint density at radius 3 is 1.64 bits per heavy atom. The van der Waals surface area contributed by atoms with Crippen LogP contribution in [0.4, 0.5) is 0 Å². The molecule has 0 aliphatic rings. The number of aliphatic hydroxyl groups excluding tert-OH is 1. The summed E-state index contributed by atoms with van der Waals surface area (Å²) in [6.07, 6.45) is 1.08. The minimum absolute atomic E-state index is 0.0340. The van der Waals surface area contributed by atoms with Gasteiger partial charge in [0.15, 0.2) is 0 Å². The lowest BCUT2D eigenvalue weighted by Gasteiger charge is -2.33. The number of carbonyl (C=O) groups is 4. The number of ether oxygens (including phenoxy) is 4. The number of nitrogens with two attached hydrogens (primary N) is 2. The van der Waals surface area contributed by atoms with Gasteiger partial charge in [0.2, 0.25) is 17.7 Å². The molecule has 33 heavy (non-hydrogen) atoms. The van der Waals surface area contributed by atoms with Crippen molar-refractivity contribution in [2.75, 3.05) is 59.5 Å². The highest BCUT2D eigenvalue weighted by atomic mass is 16.5. The fraction of sp³-hybridized carbons (Fsp3) is 0.810. The van der Waals surface area contributed by atoms with Gasteiger partial charge in [-0.1, -0.05) is 0 Å². The number of hydrogen-bond acceptors (Lipinski definition) is 9. The van der Waals surface area contributed by atoms with Crippen LogP contribution in [0.3, 0.4) is 0 Å². The van der Waals surface area contributed by atoms with Crippen LogP contribution in [-0.2, 0) is 38.1 Å². The molecule has 0 aromatic rings. The fourth-order valence-electron chi connectivity index (χ4n) is 2.53. The topological polar surface area (TPSA) is 190 Å². The van der Waals surface area contributed by atoms with Crippen molar-refractivity contribution in [1.29, 1.82) is 0 Å². The second-order valence-corrected chi connectivity index (χ2v) is 8.44. The Morgan fingerprint density at radius 1 is 0.818 bits per heavy atom. The van der Waals surface area contributed by atoms with E-state index in [1.54, 1.807) is 13.8 Å². The molecule has 0 saturated heterocycles. The highest BCUT2D eigenvalue weighted by Gasteiger charge is 2.33. The summed E-state index contributed by atoms with van der Waals surface area (Å²) in [5, 5.41) is 11.9. The first kappa shape index (κ1) is 30.9. The Balaban J connectivity index is 5.01. The maximum absolute atomic E-state index is 12.0. The molecule has 0 atom stereocenters. The Labute approximate surface area is 194 Å². The number of rotatable bonds is 22. The summed E-state index contributed by atoms with van der Waals surface area (Å²) in [5.41, 5.74) is 8.70. The van der Waals surface area contributed by atoms with E-state index in [1.165, 1.54) is 0 Å². The molecule has 0 saturated carbocycles. The third-order valence-electron chi connectivity index (χ3n) is 4.35. The third-order valence-corrected chi connectivity index (χ3v) is 4.35. The highest BCUT2D eigenvalue weighted by molar-refractivity contribution is 5.76. The first-order chi connectivity index (χ1) is 15.6. The molecular weight excluding hydrogens is 438 g/mol. The molecule has 0 spiro atoms. The van der Waals surface area contributed by atoms with Gasteiger partial charge in [-0.15, -0.1) is 0 Å². The molecule has 12 heteroatoms. The van der Waals surface area contributed by atoms with Gasteiger partial charge < -0.3 is 45.6 Å². The zero-order valence-electron chi connectivity index (χ0n) is 19.6. The van der Waals surface area contributed by atoms with E-state index in [1.807, 2.05) is 0 Å². The molecule has 0 bridgehead atoms. The zero-order chi connectivity index (χ0) is 25.2. The van der Waals surface area contributed by atoms with Crippen LogP contribution in [0.5, 0.6) is 0 Å². The highest BCUT2D eigenvalue weighted by Crippen LogP contribution is 2.21. The molecule has 0 radical (unpaired) electrons. The molecular formula is C21H39N3O9. The van der Waals surface area contributed by atoms with E-state index in [-0.39, 0.29) is 91.1 Å². The lowest BCUT2D eigenvalue weighted by Crippen LogP contribution is -2.46. The van der Waals surface area contributed by atoms with Crippen LogP contribution in [0.15, 0.2) is 0 Å². The van der Waals surface area contributed by atoms with Crippen LogP contribution in [0.25, 0.3) is 0 Å². The molecule has 0 aromatic carbocycles. The van der Waals surface area contributed by atoms with Crippen molar-refractivity contribution < 1.29 is 43.2 Å². The predicted molar refractivity (Wildman–Crippen MR) is 118 cm³/mol. The van der Waals surface area contributed by atoms with E-state index in [4.69, 9.17) is 30.4 Å². The first-order valence-corrected chi connectivity index (χ1v) is 10.8. The molecule has 192 valence electrons. The normalized spacial score (nSPS) is 11.8. The maximum Gasteiger partial charge on any atom is 0.222 e. The summed E-state index contributed by atoms with van der Waals surface area (Å²) in [6, 6.07) is 0. The molecule has 3 amide bonds. The van der Waals surface area contributed by atoms with Crippen LogP contribution >= 0.6 is 0 Å². The summed E-state index contributed by atoms with van der Waals surface area (Å²) in [6.45, 7) is 4.00. The van der Waals surface area contributed by atoms with E-state index in [2.05, 4.69) is 5.32 Å². The molecule has 0 fully saturated rings. The van der Waals surface area contributed by atoms with Crippen molar-refractivity contribution in [2.24, 2.45) is 16.9 Å². The van der Waals surface area contributed by atoms with Crippen LogP contribution in [-0.4, -0.2) is 94.1 Å². The third kappa shape index (κ3) is 17.1. The Bertz CT molecular complexity index is 578. The molecule has 0 unspecified atom stereocenters. The van der Waals surface area contributed by atoms with Gasteiger partial charge in [0.25, 0.3) is 0 Å². The van der Waals surface area contributed by atoms with Gasteiger partial charge in [0.05, 0.1) is 70.4 Å². The molecule has 0 aliphatic carbocycles. The molecule has 12 nitrogen and oxygen atoms in total. The molecule has 0 aliphatic heterocycles. The molecule has 0 aromatic heterocycles. The number of amides is 3. The molecule has 0 heterocycles. The number of primary amides is 2. The van der Waals surface area contributed by atoms with Gasteiger partial charge in [-0.05, 0) is 13.8 Å². The number of aldehydes is 1. The Hall–Kier alpha value is -2.12. The average Bonchev–Trinajstić information content (AvgIpc) is 2.74. The van der Waals surface area contributed by atoms with E-state index in [0.717, 1.165) is 6.29 Å². The largest absolute Gasteiger partial charge is 0.394 e. The summed E-state index contributed by atoms with van der Waals surface area (Å²) < 4.78 is 22.5. The van der Waals surface area contributed by atoms with Gasteiger partial charge >= 0.3 is 0 Å². The number of aliphatic hydroxyl groups is 1. The zero-order valence-corrected chi connectivity index (χ0v) is 19.6. The summed E-state index contributed by atoms with van der Waals surface area (Å²) in [4.78, 5) is 44.6. The van der Waals surface area contributed by atoms with E-state index < -0.39 is 22.8 Å². The molecule has 0 rings (SSSR count). The van der Waals surface area contributed by atoms with E-state index in [0.29, 0.717) is 0 Å². The first-order valence-electron chi connectivity index (χ1n) is 10.8. The minimum Gasteiger partial charge on any atom is -0.394 e. The van der Waals surface area contributed by atoms with Gasteiger partial charge in [-0.25, -0.2) is 0 Å². The van der Waals surface area contributed by atoms with Gasteiger partial charge in [-0.3, -0.25) is 14.4 Å². The van der Waals surface area contributed by atoms with Gasteiger partial charge in [0.1, 0.15) is 6.29 Å². The standard InChI is InChI=1S/C21H39N3O9/c1-20(2,12-26)24-19(29)6-11-33-16-21(13-30-8-3-7-25,14-31-9-4-17(22)27)15-32-10-5-18(23)28/h7,26H,3-6,8-16H2,1-2H3,(H2,22,27)(H2,23,28)(H,24,29). The summed E-state index contributed by atoms with van der Waals surface area (Å²) >= 11 is 0. The average molecular weight is 478 g/mol. The minimum atomic E-state index is -0.834. The van der Waals surface area contributed by atoms with Crippen molar-refractivity contribution in [2.45, 2.75) is 45.1 Å². The summed E-state index contributed by atoms with van der Waals surface area (Å²) in [7, 11) is 0. The number of hydrogen-bond donors (Lipinski definition) is 4. The number of carbonyl (C=O) groups excluding carboxylic acids is 4. The van der Waals surface area contributed by atoms with Gasteiger partial charge in [0, 0.05) is 25.7 Å². The van der Waals surface area contributed by atoms with Crippen molar-refractivity contribution >= 4 is 24.0 Å². The smallest absolute Gasteiger partial charge is 0.222 e. The van der Waals surface area contributed by atoms with Crippen LogP contribution < -0.4 is 16.8 Å². The quantitative estimate of drug-likeness (QED) is 0.108. The van der Waals surface area contributed by atoms with Crippen LogP contribution in [0.2, 0.25) is 0 Å². The van der Waals surface area contributed by atoms with E-state index >= 15 is 0 Å². The SMILES string of the molecule is CC(C)(CO)NC(=O)CCOCC(COCCC=O)(COCCC(N)=O)COCCC(N)=O. The van der Waals surface area contributed by atoms with Crippen LogP contribution in [0.1, 0.15) is 39.5 Å². The Morgan fingerprint density at radius 2 is 1.24 bits per heavy atom. The van der Waals surface area contributed by atoms with Crippen molar-refractivity contribution in [1.82, 2.24) is 5.32 Å². The lowest BCUT2D eigenvalue weighted by molar-refractivity contribution is -0.127. The Kier molecular flexibility index (Phi) is 16.3. The van der Waals surface area contributed by atoms with Crippen LogP contribution in [0, 0.1) is 5.41 Å². The number of nitrogens with one attached hydrogen (secondary N) is 1. The fourth-order valence-corrected chi connectivity index (χ4v) is 2.53. The predicted octanol–water partition coefficient (Wildman–Crippen LogP) is -1.34. The summed E-state index contributed by atoms with van der Waals surface area (Å²) in [5.74, 6) is -1.29. The molecule has 6 N–H and O–H groups in total. The second-order valence-electron chi connectivity index (χ2n) is 8.44. The maximum atomic E-state index is 12.0. The monoisotopic (exact) mass is 477 g/mol. The van der Waals surface area contributed by atoms with E-state index in [9.17, 15) is 24.3 Å². The second kappa shape index (κ2) is 17.4. The van der Waals surface area contributed by atoms with Crippen molar-refractivity contribution in [3.05, 3.63) is 0 Å². The van der Waals surface area contributed by atoms with Crippen molar-refractivity contribution in [3.63, 3.8) is 0 Å². The lowest BCUT2D eigenvalue weighted by atomic mass is 9.92.